The van der Waals surface area contributed by atoms with Crippen molar-refractivity contribution in [1.82, 2.24) is 0 Å². The van der Waals surface area contributed by atoms with E-state index >= 15 is 0 Å². The second-order valence-corrected chi connectivity index (χ2v) is 4.50. The molecule has 1 aromatic rings. The molecular weight excluding hydrogens is 207 g/mol. The Balaban J connectivity index is 2.42. The second-order valence-electron chi connectivity index (χ2n) is 3.65. The number of hydrogen-bond donors (Lipinski definition) is 1. The van der Waals surface area contributed by atoms with Gasteiger partial charge >= 0.3 is 0 Å². The molecule has 3 heteroatoms. The van der Waals surface area contributed by atoms with Gasteiger partial charge in [0.2, 0.25) is 0 Å². The lowest BCUT2D eigenvalue weighted by molar-refractivity contribution is 0.135. The largest absolute Gasteiger partial charge is 0.385 e. The third-order valence-corrected chi connectivity index (χ3v) is 3.22. The summed E-state index contributed by atoms with van der Waals surface area (Å²) < 4.78 is 0. The first-order valence-corrected chi connectivity index (χ1v) is 4.97. The molecule has 0 spiro atoms. The molecule has 13 heavy (non-hydrogen) atoms. The van der Waals surface area contributed by atoms with Gasteiger partial charge in [-0.2, -0.15) is 0 Å². The predicted molar refractivity (Wildman–Crippen MR) is 54.1 cm³/mol. The zero-order valence-electron chi connectivity index (χ0n) is 7.22. The van der Waals surface area contributed by atoms with Crippen LogP contribution in [-0.2, 0) is 5.60 Å². The molecule has 0 radical (unpaired) electrons. The summed E-state index contributed by atoms with van der Waals surface area (Å²) in [5.74, 6) is 0.297. The maximum Gasteiger partial charge on any atom is 0.0941 e. The molecule has 0 aromatic heterocycles. The van der Waals surface area contributed by atoms with E-state index in [2.05, 4.69) is 0 Å². The lowest BCUT2D eigenvalue weighted by atomic mass is 10.1. The van der Waals surface area contributed by atoms with Gasteiger partial charge in [0.15, 0.2) is 0 Å². The van der Waals surface area contributed by atoms with E-state index < -0.39 is 5.60 Å². The van der Waals surface area contributed by atoms with Crippen LogP contribution in [0.15, 0.2) is 18.2 Å². The molecule has 0 heterocycles. The summed E-state index contributed by atoms with van der Waals surface area (Å²) in [6, 6.07) is 5.22. The van der Waals surface area contributed by atoms with E-state index in [-0.39, 0.29) is 0 Å². The summed E-state index contributed by atoms with van der Waals surface area (Å²) in [5, 5.41) is 11.2. The van der Waals surface area contributed by atoms with Crippen LogP contribution >= 0.6 is 23.2 Å². The maximum atomic E-state index is 10.0. The summed E-state index contributed by atoms with van der Waals surface area (Å²) in [7, 11) is 0. The van der Waals surface area contributed by atoms with Crippen LogP contribution in [0.4, 0.5) is 0 Å². The van der Waals surface area contributed by atoms with Gasteiger partial charge in [0, 0.05) is 15.6 Å². The van der Waals surface area contributed by atoms with Gasteiger partial charge in [0.25, 0.3) is 0 Å². The molecule has 1 aliphatic carbocycles. The average Bonchev–Trinajstić information content (AvgIpc) is 2.59. The SMILES string of the molecule is CC1CC1(O)c1ccc(Cl)cc1Cl. The lowest BCUT2D eigenvalue weighted by Crippen LogP contribution is -2.07. The summed E-state index contributed by atoms with van der Waals surface area (Å²) in [5.41, 5.74) is 0.0906. The van der Waals surface area contributed by atoms with Gasteiger partial charge in [-0.15, -0.1) is 0 Å². The molecule has 2 rings (SSSR count). The molecule has 70 valence electrons. The Morgan fingerprint density at radius 2 is 2.08 bits per heavy atom. The van der Waals surface area contributed by atoms with Crippen molar-refractivity contribution in [1.29, 1.82) is 0 Å². The Kier molecular flexibility index (Phi) is 2.06. The normalized spacial score (nSPS) is 31.8. The average molecular weight is 217 g/mol. The Morgan fingerprint density at radius 1 is 1.46 bits per heavy atom. The highest BCUT2D eigenvalue weighted by Gasteiger charge is 2.51. The van der Waals surface area contributed by atoms with Crippen LogP contribution in [0.3, 0.4) is 0 Å². The van der Waals surface area contributed by atoms with Crippen molar-refractivity contribution in [3.8, 4) is 0 Å². The quantitative estimate of drug-likeness (QED) is 0.765. The van der Waals surface area contributed by atoms with E-state index in [0.29, 0.717) is 16.0 Å². The molecule has 0 saturated heterocycles. The number of rotatable bonds is 1. The second kappa shape index (κ2) is 2.88. The molecule has 2 unspecified atom stereocenters. The first-order chi connectivity index (χ1) is 6.04. The Labute approximate surface area is 87.3 Å². The van der Waals surface area contributed by atoms with E-state index in [4.69, 9.17) is 23.2 Å². The molecule has 1 aliphatic rings. The van der Waals surface area contributed by atoms with E-state index in [1.54, 1.807) is 18.2 Å². The number of benzene rings is 1. The van der Waals surface area contributed by atoms with E-state index in [1.165, 1.54) is 0 Å². The van der Waals surface area contributed by atoms with Crippen molar-refractivity contribution < 1.29 is 5.11 Å². The standard InChI is InChI=1S/C10H10Cl2O/c1-6-5-10(6,13)8-3-2-7(11)4-9(8)12/h2-4,6,13H,5H2,1H3. The van der Waals surface area contributed by atoms with E-state index in [0.717, 1.165) is 12.0 Å². The molecule has 2 atom stereocenters. The fourth-order valence-corrected chi connectivity index (χ4v) is 2.20. The van der Waals surface area contributed by atoms with Crippen LogP contribution in [0, 0.1) is 5.92 Å². The monoisotopic (exact) mass is 216 g/mol. The Hall–Kier alpha value is -0.240. The van der Waals surface area contributed by atoms with E-state index in [1.807, 2.05) is 6.92 Å². The third-order valence-electron chi connectivity index (χ3n) is 2.67. The first kappa shape index (κ1) is 9.32. The molecule has 1 fully saturated rings. The van der Waals surface area contributed by atoms with Crippen LogP contribution in [0.5, 0.6) is 0 Å². The minimum atomic E-state index is -0.707. The number of aliphatic hydroxyl groups is 1. The van der Waals surface area contributed by atoms with Gasteiger partial charge in [-0.05, 0) is 24.5 Å². The summed E-state index contributed by atoms with van der Waals surface area (Å²) in [6.45, 7) is 2.00. The van der Waals surface area contributed by atoms with Crippen LogP contribution in [0.1, 0.15) is 18.9 Å². The van der Waals surface area contributed by atoms with Crippen molar-refractivity contribution in [2.45, 2.75) is 18.9 Å². The van der Waals surface area contributed by atoms with Gasteiger partial charge in [-0.25, -0.2) is 0 Å². The van der Waals surface area contributed by atoms with Crippen molar-refractivity contribution in [2.75, 3.05) is 0 Å². The van der Waals surface area contributed by atoms with Crippen molar-refractivity contribution >= 4 is 23.2 Å². The molecular formula is C10H10Cl2O. The highest BCUT2D eigenvalue weighted by molar-refractivity contribution is 6.35. The third kappa shape index (κ3) is 1.45. The molecule has 1 nitrogen and oxygen atoms in total. The smallest absolute Gasteiger partial charge is 0.0941 e. The number of hydrogen-bond acceptors (Lipinski definition) is 1. The minimum absolute atomic E-state index is 0.297. The highest BCUT2D eigenvalue weighted by Crippen LogP contribution is 2.53. The van der Waals surface area contributed by atoms with Gasteiger partial charge < -0.3 is 5.11 Å². The maximum absolute atomic E-state index is 10.0. The molecule has 0 amide bonds. The molecule has 1 aromatic carbocycles. The zero-order chi connectivity index (χ0) is 9.64. The van der Waals surface area contributed by atoms with Gasteiger partial charge in [-0.3, -0.25) is 0 Å². The summed E-state index contributed by atoms with van der Waals surface area (Å²) in [6.07, 6.45) is 0.786. The van der Waals surface area contributed by atoms with E-state index in [9.17, 15) is 5.11 Å². The first-order valence-electron chi connectivity index (χ1n) is 4.22. The zero-order valence-corrected chi connectivity index (χ0v) is 8.73. The van der Waals surface area contributed by atoms with Gasteiger partial charge in [0.05, 0.1) is 5.60 Å². The molecule has 1 saturated carbocycles. The van der Waals surface area contributed by atoms with Crippen LogP contribution in [0.25, 0.3) is 0 Å². The molecule has 1 N–H and O–H groups in total. The fraction of sp³-hybridized carbons (Fsp3) is 0.400. The Bertz CT molecular complexity index is 351. The van der Waals surface area contributed by atoms with Crippen LogP contribution in [-0.4, -0.2) is 5.11 Å². The predicted octanol–water partition coefficient (Wildman–Crippen LogP) is 3.22. The fourth-order valence-electron chi connectivity index (χ4n) is 1.62. The van der Waals surface area contributed by atoms with Gasteiger partial charge in [0.1, 0.15) is 0 Å². The van der Waals surface area contributed by atoms with Crippen molar-refractivity contribution in [2.24, 2.45) is 5.92 Å². The number of halogens is 2. The highest BCUT2D eigenvalue weighted by atomic mass is 35.5. The molecule has 0 bridgehead atoms. The van der Waals surface area contributed by atoms with Crippen LogP contribution in [0.2, 0.25) is 10.0 Å². The Morgan fingerprint density at radius 3 is 2.54 bits per heavy atom. The minimum Gasteiger partial charge on any atom is -0.385 e. The van der Waals surface area contributed by atoms with Gasteiger partial charge in [-0.1, -0.05) is 36.2 Å². The van der Waals surface area contributed by atoms with Crippen molar-refractivity contribution in [3.05, 3.63) is 33.8 Å². The topological polar surface area (TPSA) is 20.2 Å². The summed E-state index contributed by atoms with van der Waals surface area (Å²) in [4.78, 5) is 0. The van der Waals surface area contributed by atoms with Crippen LogP contribution < -0.4 is 0 Å². The molecule has 0 aliphatic heterocycles. The van der Waals surface area contributed by atoms with Crippen molar-refractivity contribution in [3.63, 3.8) is 0 Å². The summed E-state index contributed by atoms with van der Waals surface area (Å²) >= 11 is 11.7. The lowest BCUT2D eigenvalue weighted by Gasteiger charge is -2.11.